The van der Waals surface area contributed by atoms with E-state index in [2.05, 4.69) is 79.3 Å². The number of rotatable bonds is 4. The number of nitrogens with two attached hydrogens (primary N) is 1. The number of anilines is 1. The van der Waals surface area contributed by atoms with Gasteiger partial charge in [-0.1, -0.05) is 33.6 Å². The molecule has 0 bridgehead atoms. The van der Waals surface area contributed by atoms with Crippen LogP contribution in [0.3, 0.4) is 0 Å². The summed E-state index contributed by atoms with van der Waals surface area (Å²) in [6.45, 7) is 9.11. The molecule has 3 N–H and O–H groups in total. The summed E-state index contributed by atoms with van der Waals surface area (Å²) in [7, 11) is 0. The van der Waals surface area contributed by atoms with Crippen molar-refractivity contribution in [3.8, 4) is 0 Å². The van der Waals surface area contributed by atoms with Crippen molar-refractivity contribution in [2.45, 2.75) is 33.7 Å². The number of nitrogens with one attached hydrogen (secondary N) is 1. The molecule has 1 atom stereocenters. The molecule has 0 saturated heterocycles. The van der Waals surface area contributed by atoms with E-state index >= 15 is 0 Å². The molecule has 21 heavy (non-hydrogen) atoms. The molecular weight excluding hydrogens is 324 g/mol. The molecule has 2 rings (SSSR count). The third-order valence-electron chi connectivity index (χ3n) is 3.71. The highest BCUT2D eigenvalue weighted by molar-refractivity contribution is 9.10. The predicted octanol–water partition coefficient (Wildman–Crippen LogP) is 4.79. The van der Waals surface area contributed by atoms with Crippen LogP contribution in [0.15, 0.2) is 34.8 Å². The van der Waals surface area contributed by atoms with Crippen LogP contribution in [0.4, 0.5) is 5.69 Å². The van der Waals surface area contributed by atoms with Crippen LogP contribution in [0.25, 0.3) is 0 Å². The topological polar surface area (TPSA) is 38.0 Å². The molecule has 2 aromatic carbocycles. The van der Waals surface area contributed by atoms with Gasteiger partial charge < -0.3 is 11.1 Å². The van der Waals surface area contributed by atoms with Crippen LogP contribution in [0, 0.1) is 27.7 Å². The van der Waals surface area contributed by atoms with Crippen LogP contribution in [-0.4, -0.2) is 6.54 Å². The first-order valence-electron chi connectivity index (χ1n) is 7.22. The van der Waals surface area contributed by atoms with Gasteiger partial charge in [-0.15, -0.1) is 0 Å². The Labute approximate surface area is 135 Å². The highest BCUT2D eigenvalue weighted by atomic mass is 79.9. The normalized spacial score (nSPS) is 12.3. The van der Waals surface area contributed by atoms with E-state index in [1.54, 1.807) is 0 Å². The minimum absolute atomic E-state index is 0.124. The fourth-order valence-corrected chi connectivity index (χ4v) is 3.62. The summed E-state index contributed by atoms with van der Waals surface area (Å²) in [6.07, 6.45) is 0. The van der Waals surface area contributed by atoms with Crippen LogP contribution in [0.1, 0.15) is 33.9 Å². The van der Waals surface area contributed by atoms with Crippen molar-refractivity contribution in [2.75, 3.05) is 11.9 Å². The van der Waals surface area contributed by atoms with E-state index < -0.39 is 0 Å². The lowest BCUT2D eigenvalue weighted by Gasteiger charge is -2.23. The Balaban J connectivity index is 2.36. The average molecular weight is 347 g/mol. The quantitative estimate of drug-likeness (QED) is 0.834. The minimum Gasteiger partial charge on any atom is -0.377 e. The molecule has 0 aromatic heterocycles. The van der Waals surface area contributed by atoms with Crippen molar-refractivity contribution in [3.05, 3.63) is 62.6 Å². The summed E-state index contributed by atoms with van der Waals surface area (Å²) in [5.41, 5.74) is 13.5. The Morgan fingerprint density at radius 2 is 1.52 bits per heavy atom. The van der Waals surface area contributed by atoms with Gasteiger partial charge >= 0.3 is 0 Å². The smallest absolute Gasteiger partial charge is 0.0641 e. The van der Waals surface area contributed by atoms with E-state index in [0.29, 0.717) is 6.54 Å². The van der Waals surface area contributed by atoms with Crippen LogP contribution < -0.4 is 11.1 Å². The maximum absolute atomic E-state index is 6.03. The molecule has 2 aromatic rings. The zero-order valence-corrected chi connectivity index (χ0v) is 14.7. The number of hydrogen-bond donors (Lipinski definition) is 2. The molecule has 0 saturated carbocycles. The number of aryl methyl sites for hydroxylation is 4. The molecule has 0 spiro atoms. The maximum Gasteiger partial charge on any atom is 0.0641 e. The molecule has 0 aliphatic rings. The Kier molecular flexibility index (Phi) is 5.07. The first kappa shape index (κ1) is 16.1. The Bertz CT molecular complexity index is 606. The average Bonchev–Trinajstić information content (AvgIpc) is 2.35. The van der Waals surface area contributed by atoms with Crippen molar-refractivity contribution < 1.29 is 0 Å². The molecule has 0 heterocycles. The monoisotopic (exact) mass is 346 g/mol. The SMILES string of the molecule is Cc1cc(Br)cc(NC(CN)c2c(C)cc(C)cc2C)c1. The molecule has 0 amide bonds. The Hall–Kier alpha value is -1.32. The van der Waals surface area contributed by atoms with E-state index in [9.17, 15) is 0 Å². The number of hydrogen-bond acceptors (Lipinski definition) is 2. The summed E-state index contributed by atoms with van der Waals surface area (Å²) in [5.74, 6) is 0. The third kappa shape index (κ3) is 3.86. The standard InChI is InChI=1S/C18H23BrN2/c1-11-5-13(3)18(14(4)6-11)17(10-20)21-16-8-12(2)7-15(19)9-16/h5-9,17,21H,10,20H2,1-4H3. The van der Waals surface area contributed by atoms with Gasteiger partial charge in [-0.3, -0.25) is 0 Å². The summed E-state index contributed by atoms with van der Waals surface area (Å²) < 4.78 is 1.08. The van der Waals surface area contributed by atoms with Gasteiger partial charge in [0.2, 0.25) is 0 Å². The van der Waals surface area contributed by atoms with Crippen molar-refractivity contribution in [1.29, 1.82) is 0 Å². The molecular formula is C18H23BrN2. The fourth-order valence-electron chi connectivity index (χ4n) is 3.01. The van der Waals surface area contributed by atoms with Gasteiger partial charge in [-0.25, -0.2) is 0 Å². The summed E-state index contributed by atoms with van der Waals surface area (Å²) in [6, 6.07) is 10.9. The van der Waals surface area contributed by atoms with Crippen molar-refractivity contribution in [2.24, 2.45) is 5.73 Å². The van der Waals surface area contributed by atoms with Crippen LogP contribution in [0.5, 0.6) is 0 Å². The fraction of sp³-hybridized carbons (Fsp3) is 0.333. The van der Waals surface area contributed by atoms with Gasteiger partial charge in [0, 0.05) is 16.7 Å². The van der Waals surface area contributed by atoms with Crippen LogP contribution in [-0.2, 0) is 0 Å². The largest absolute Gasteiger partial charge is 0.377 e. The molecule has 2 nitrogen and oxygen atoms in total. The van der Waals surface area contributed by atoms with E-state index in [1.807, 2.05) is 0 Å². The molecule has 1 unspecified atom stereocenters. The lowest BCUT2D eigenvalue weighted by Crippen LogP contribution is -2.22. The summed E-state index contributed by atoms with van der Waals surface area (Å²) in [5, 5.41) is 3.57. The van der Waals surface area contributed by atoms with Gasteiger partial charge in [0.1, 0.15) is 0 Å². The summed E-state index contributed by atoms with van der Waals surface area (Å²) >= 11 is 3.55. The molecule has 0 aliphatic heterocycles. The first-order valence-corrected chi connectivity index (χ1v) is 8.01. The van der Waals surface area contributed by atoms with E-state index in [0.717, 1.165) is 10.2 Å². The van der Waals surface area contributed by atoms with Crippen LogP contribution in [0.2, 0.25) is 0 Å². The van der Waals surface area contributed by atoms with Crippen molar-refractivity contribution in [3.63, 3.8) is 0 Å². The zero-order chi connectivity index (χ0) is 15.6. The van der Waals surface area contributed by atoms with E-state index in [-0.39, 0.29) is 6.04 Å². The molecule has 0 aliphatic carbocycles. The Morgan fingerprint density at radius 3 is 2.05 bits per heavy atom. The highest BCUT2D eigenvalue weighted by Gasteiger charge is 2.15. The molecule has 0 fully saturated rings. The lowest BCUT2D eigenvalue weighted by atomic mass is 9.94. The zero-order valence-electron chi connectivity index (χ0n) is 13.1. The number of benzene rings is 2. The van der Waals surface area contributed by atoms with Gasteiger partial charge in [0.15, 0.2) is 0 Å². The molecule has 3 heteroatoms. The molecule has 0 radical (unpaired) electrons. The van der Waals surface area contributed by atoms with Gasteiger partial charge in [0.25, 0.3) is 0 Å². The van der Waals surface area contributed by atoms with E-state index in [4.69, 9.17) is 5.73 Å². The van der Waals surface area contributed by atoms with E-state index in [1.165, 1.54) is 27.8 Å². The van der Waals surface area contributed by atoms with Gasteiger partial charge in [-0.2, -0.15) is 0 Å². The first-order chi connectivity index (χ1) is 9.90. The lowest BCUT2D eigenvalue weighted by molar-refractivity contribution is 0.776. The Morgan fingerprint density at radius 1 is 0.952 bits per heavy atom. The second-order valence-electron chi connectivity index (χ2n) is 5.76. The summed E-state index contributed by atoms with van der Waals surface area (Å²) in [4.78, 5) is 0. The molecule has 112 valence electrons. The maximum atomic E-state index is 6.03. The minimum atomic E-state index is 0.124. The number of halogens is 1. The third-order valence-corrected chi connectivity index (χ3v) is 4.16. The van der Waals surface area contributed by atoms with Crippen molar-refractivity contribution >= 4 is 21.6 Å². The highest BCUT2D eigenvalue weighted by Crippen LogP contribution is 2.28. The predicted molar refractivity (Wildman–Crippen MR) is 95.0 cm³/mol. The van der Waals surface area contributed by atoms with Gasteiger partial charge in [-0.05, 0) is 68.1 Å². The second-order valence-corrected chi connectivity index (χ2v) is 6.68. The van der Waals surface area contributed by atoms with Gasteiger partial charge in [0.05, 0.1) is 6.04 Å². The second kappa shape index (κ2) is 6.63. The van der Waals surface area contributed by atoms with Crippen molar-refractivity contribution in [1.82, 2.24) is 0 Å². The van der Waals surface area contributed by atoms with Crippen LogP contribution >= 0.6 is 15.9 Å².